The van der Waals surface area contributed by atoms with Gasteiger partial charge >= 0.3 is 0 Å². The van der Waals surface area contributed by atoms with Gasteiger partial charge in [0.2, 0.25) is 5.91 Å². The van der Waals surface area contributed by atoms with Gasteiger partial charge in [0.1, 0.15) is 5.75 Å². The van der Waals surface area contributed by atoms with E-state index in [1.54, 1.807) is 12.1 Å². The molecular formula is C23H30N2O2. The predicted octanol–water partition coefficient (Wildman–Crippen LogP) is 4.14. The summed E-state index contributed by atoms with van der Waals surface area (Å²) < 4.78 is 0. The summed E-state index contributed by atoms with van der Waals surface area (Å²) in [6.45, 7) is 1.78. The Hall–Kier alpha value is -2.33. The van der Waals surface area contributed by atoms with Crippen LogP contribution in [-0.4, -0.2) is 41.5 Å². The molecule has 1 unspecified atom stereocenters. The average molecular weight is 367 g/mol. The number of amides is 1. The fourth-order valence-electron chi connectivity index (χ4n) is 3.84. The highest BCUT2D eigenvalue weighted by atomic mass is 16.3. The molecule has 1 fully saturated rings. The lowest BCUT2D eigenvalue weighted by molar-refractivity contribution is -0.135. The van der Waals surface area contributed by atoms with E-state index in [1.165, 1.54) is 17.5 Å². The van der Waals surface area contributed by atoms with Crippen LogP contribution in [0.4, 0.5) is 0 Å². The highest BCUT2D eigenvalue weighted by Crippen LogP contribution is 2.32. The summed E-state index contributed by atoms with van der Waals surface area (Å²) in [5.41, 5.74) is 3.63. The summed E-state index contributed by atoms with van der Waals surface area (Å²) in [5, 5.41) is 9.39. The number of carbonyl (C=O) groups is 1. The molecule has 0 saturated carbocycles. The second kappa shape index (κ2) is 9.05. The summed E-state index contributed by atoms with van der Waals surface area (Å²) >= 11 is 0. The molecule has 27 heavy (non-hydrogen) atoms. The first kappa shape index (κ1) is 19.4. The third kappa shape index (κ3) is 5.33. The van der Waals surface area contributed by atoms with E-state index < -0.39 is 0 Å². The zero-order valence-electron chi connectivity index (χ0n) is 16.4. The number of aryl methyl sites for hydroxylation is 1. The van der Waals surface area contributed by atoms with Crippen molar-refractivity contribution in [3.8, 4) is 5.75 Å². The first-order valence-electron chi connectivity index (χ1n) is 9.84. The van der Waals surface area contributed by atoms with E-state index >= 15 is 0 Å². The van der Waals surface area contributed by atoms with Crippen LogP contribution in [0, 0.1) is 0 Å². The van der Waals surface area contributed by atoms with Gasteiger partial charge in [-0.15, -0.1) is 0 Å². The minimum absolute atomic E-state index is 0.194. The van der Waals surface area contributed by atoms with Gasteiger partial charge in [0.15, 0.2) is 0 Å². The Bertz CT molecular complexity index is 738. The van der Waals surface area contributed by atoms with E-state index in [1.807, 2.05) is 12.1 Å². The maximum absolute atomic E-state index is 12.9. The topological polar surface area (TPSA) is 43.8 Å². The Morgan fingerprint density at radius 3 is 2.37 bits per heavy atom. The maximum Gasteiger partial charge on any atom is 0.223 e. The lowest BCUT2D eigenvalue weighted by atomic mass is 9.94. The van der Waals surface area contributed by atoms with Crippen LogP contribution in [0.2, 0.25) is 0 Å². The van der Waals surface area contributed by atoms with Gasteiger partial charge in [0, 0.05) is 19.5 Å². The quantitative estimate of drug-likeness (QED) is 0.836. The second-order valence-corrected chi connectivity index (χ2v) is 7.74. The van der Waals surface area contributed by atoms with Crippen molar-refractivity contribution < 1.29 is 9.90 Å². The molecule has 4 nitrogen and oxygen atoms in total. The number of carbonyl (C=O) groups excluding carboxylic acids is 1. The van der Waals surface area contributed by atoms with Gasteiger partial charge in [-0.2, -0.15) is 0 Å². The molecule has 0 bridgehead atoms. The van der Waals surface area contributed by atoms with Gasteiger partial charge in [-0.05, 0) is 68.6 Å². The van der Waals surface area contributed by atoms with Crippen LogP contribution >= 0.6 is 0 Å². The van der Waals surface area contributed by atoms with Crippen molar-refractivity contribution in [1.82, 2.24) is 9.80 Å². The number of hydrogen-bond acceptors (Lipinski definition) is 3. The summed E-state index contributed by atoms with van der Waals surface area (Å²) in [4.78, 5) is 17.1. The van der Waals surface area contributed by atoms with Gasteiger partial charge in [0.05, 0.1) is 6.04 Å². The molecular weight excluding hydrogens is 336 g/mol. The van der Waals surface area contributed by atoms with Crippen LogP contribution < -0.4 is 0 Å². The minimum atomic E-state index is 0.194. The lowest BCUT2D eigenvalue weighted by Gasteiger charge is -2.36. The van der Waals surface area contributed by atoms with Crippen molar-refractivity contribution in [2.75, 3.05) is 20.6 Å². The molecule has 1 saturated heterocycles. The average Bonchev–Trinajstić information content (AvgIpc) is 2.67. The van der Waals surface area contributed by atoms with E-state index in [4.69, 9.17) is 0 Å². The van der Waals surface area contributed by atoms with Crippen molar-refractivity contribution in [2.24, 2.45) is 0 Å². The molecule has 1 atom stereocenters. The van der Waals surface area contributed by atoms with Crippen molar-refractivity contribution in [3.63, 3.8) is 0 Å². The SMILES string of the molecule is CN(C)Cc1ccc(C2CCCCN2C(=O)CCc2ccc(O)cc2)cc1. The molecule has 144 valence electrons. The molecule has 2 aromatic rings. The van der Waals surface area contributed by atoms with Crippen LogP contribution in [0.25, 0.3) is 0 Å². The number of phenols is 1. The number of benzene rings is 2. The van der Waals surface area contributed by atoms with Gasteiger partial charge in [-0.3, -0.25) is 4.79 Å². The Morgan fingerprint density at radius 1 is 1.04 bits per heavy atom. The Balaban J connectivity index is 1.65. The molecule has 1 aliphatic rings. The number of likely N-dealkylation sites (tertiary alicyclic amines) is 1. The number of nitrogens with zero attached hydrogens (tertiary/aromatic N) is 2. The zero-order chi connectivity index (χ0) is 19.2. The number of hydrogen-bond donors (Lipinski definition) is 1. The Kier molecular flexibility index (Phi) is 6.51. The van der Waals surface area contributed by atoms with Crippen LogP contribution in [-0.2, 0) is 17.8 Å². The molecule has 1 heterocycles. The molecule has 4 heteroatoms. The monoisotopic (exact) mass is 366 g/mol. The van der Waals surface area contributed by atoms with Crippen LogP contribution in [0.5, 0.6) is 5.75 Å². The molecule has 1 amide bonds. The van der Waals surface area contributed by atoms with Gasteiger partial charge in [0.25, 0.3) is 0 Å². The van der Waals surface area contributed by atoms with E-state index in [2.05, 4.69) is 48.2 Å². The van der Waals surface area contributed by atoms with Gasteiger partial charge < -0.3 is 14.9 Å². The standard InChI is InChI=1S/C23H30N2O2/c1-24(2)17-19-6-11-20(12-7-19)22-5-3-4-16-25(22)23(27)15-10-18-8-13-21(26)14-9-18/h6-9,11-14,22,26H,3-5,10,15-17H2,1-2H3. The van der Waals surface area contributed by atoms with E-state index in [0.717, 1.165) is 31.5 Å². The number of aromatic hydroxyl groups is 1. The second-order valence-electron chi connectivity index (χ2n) is 7.74. The van der Waals surface area contributed by atoms with E-state index in [0.29, 0.717) is 12.8 Å². The maximum atomic E-state index is 12.9. The molecule has 0 aromatic heterocycles. The fourth-order valence-corrected chi connectivity index (χ4v) is 3.84. The summed E-state index contributed by atoms with van der Waals surface area (Å²) in [5.74, 6) is 0.490. The number of piperidine rings is 1. The van der Waals surface area contributed by atoms with Crippen molar-refractivity contribution in [3.05, 3.63) is 65.2 Å². The molecule has 3 rings (SSSR count). The van der Waals surface area contributed by atoms with Crippen LogP contribution in [0.15, 0.2) is 48.5 Å². The van der Waals surface area contributed by atoms with Gasteiger partial charge in [-0.25, -0.2) is 0 Å². The third-order valence-corrected chi connectivity index (χ3v) is 5.25. The molecule has 0 radical (unpaired) electrons. The molecule has 1 aliphatic heterocycles. The van der Waals surface area contributed by atoms with E-state index in [9.17, 15) is 9.90 Å². The van der Waals surface area contributed by atoms with Crippen LogP contribution in [0.3, 0.4) is 0 Å². The molecule has 0 aliphatic carbocycles. The summed E-state index contributed by atoms with van der Waals surface area (Å²) in [6, 6.07) is 16.1. The fraction of sp³-hybridized carbons (Fsp3) is 0.435. The van der Waals surface area contributed by atoms with Crippen molar-refractivity contribution in [1.29, 1.82) is 0 Å². The van der Waals surface area contributed by atoms with Crippen molar-refractivity contribution in [2.45, 2.75) is 44.7 Å². The largest absolute Gasteiger partial charge is 0.508 e. The number of rotatable bonds is 6. The Labute approximate surface area is 162 Å². The molecule has 2 aromatic carbocycles. The normalized spacial score (nSPS) is 17.3. The predicted molar refractivity (Wildman–Crippen MR) is 109 cm³/mol. The molecule has 1 N–H and O–H groups in total. The first-order valence-corrected chi connectivity index (χ1v) is 9.84. The minimum Gasteiger partial charge on any atom is -0.508 e. The zero-order valence-corrected chi connectivity index (χ0v) is 16.4. The highest BCUT2D eigenvalue weighted by Gasteiger charge is 2.27. The summed E-state index contributed by atoms with van der Waals surface area (Å²) in [6.07, 6.45) is 4.52. The third-order valence-electron chi connectivity index (χ3n) is 5.25. The highest BCUT2D eigenvalue weighted by molar-refractivity contribution is 5.77. The lowest BCUT2D eigenvalue weighted by Crippen LogP contribution is -2.38. The van der Waals surface area contributed by atoms with E-state index in [-0.39, 0.29) is 17.7 Å². The Morgan fingerprint density at radius 2 is 1.70 bits per heavy atom. The molecule has 0 spiro atoms. The smallest absolute Gasteiger partial charge is 0.223 e. The van der Waals surface area contributed by atoms with Crippen LogP contribution in [0.1, 0.15) is 48.4 Å². The first-order chi connectivity index (χ1) is 13.0. The van der Waals surface area contributed by atoms with Gasteiger partial charge in [-0.1, -0.05) is 36.4 Å². The number of phenolic OH excluding ortho intramolecular Hbond substituents is 1. The summed E-state index contributed by atoms with van der Waals surface area (Å²) in [7, 11) is 4.15. The van der Waals surface area contributed by atoms with Crippen molar-refractivity contribution >= 4 is 5.91 Å².